The molecule has 3 fully saturated rings. The van der Waals surface area contributed by atoms with Crippen LogP contribution < -0.4 is 4.90 Å². The monoisotopic (exact) mass is 665 g/mol. The van der Waals surface area contributed by atoms with E-state index in [1.165, 1.54) is 0 Å². The highest BCUT2D eigenvalue weighted by atomic mass is 79.9. The number of likely N-dealkylation sites (tertiary alicyclic amines) is 1. The summed E-state index contributed by atoms with van der Waals surface area (Å²) in [5, 5.41) is 12.7. The summed E-state index contributed by atoms with van der Waals surface area (Å²) in [6, 6.07) is 12.2. The third kappa shape index (κ3) is 5.41. The molecule has 1 N–H and O–H groups in total. The van der Waals surface area contributed by atoms with Gasteiger partial charge in [0.05, 0.1) is 30.6 Å². The van der Waals surface area contributed by atoms with Crippen molar-refractivity contribution in [3.8, 4) is 0 Å². The Morgan fingerprint density at radius 2 is 1.84 bits per heavy atom. The summed E-state index contributed by atoms with van der Waals surface area (Å²) < 4.78 is 6.77. The number of halogens is 1. The van der Waals surface area contributed by atoms with Gasteiger partial charge in [-0.1, -0.05) is 79.2 Å². The largest absolute Gasteiger partial charge is 0.394 e. The van der Waals surface area contributed by atoms with Crippen molar-refractivity contribution in [1.29, 1.82) is 0 Å². The number of hydrogen-bond acceptors (Lipinski definition) is 5. The van der Waals surface area contributed by atoms with Gasteiger partial charge in [-0.25, -0.2) is 0 Å². The molecule has 0 aliphatic carbocycles. The number of nitrogens with zero attached hydrogens (tertiary/aromatic N) is 3. The molecule has 3 aliphatic rings. The Morgan fingerprint density at radius 3 is 2.48 bits per heavy atom. The van der Waals surface area contributed by atoms with Crippen LogP contribution in [0.2, 0.25) is 0 Å². The molecule has 1 spiro atoms. The van der Waals surface area contributed by atoms with Crippen molar-refractivity contribution in [1.82, 2.24) is 9.80 Å². The summed E-state index contributed by atoms with van der Waals surface area (Å²) in [6.45, 7) is 14.6. The maximum Gasteiger partial charge on any atom is 0.253 e. The molecule has 3 heterocycles. The van der Waals surface area contributed by atoms with E-state index in [-0.39, 0.29) is 41.6 Å². The number of hydrogen-bond donors (Lipinski definition) is 1. The Balaban J connectivity index is 1.63. The van der Waals surface area contributed by atoms with E-state index in [2.05, 4.69) is 29.1 Å². The van der Waals surface area contributed by atoms with Crippen LogP contribution in [0.15, 0.2) is 67.8 Å². The van der Waals surface area contributed by atoms with Gasteiger partial charge in [0.15, 0.2) is 0 Å². The van der Waals surface area contributed by atoms with Crippen LogP contribution in [0.3, 0.4) is 0 Å². The minimum atomic E-state index is -1.22. The number of aliphatic hydroxyl groups is 1. The quantitative estimate of drug-likeness (QED) is 0.242. The summed E-state index contributed by atoms with van der Waals surface area (Å²) in [7, 11) is 0. The van der Waals surface area contributed by atoms with Crippen LogP contribution in [-0.2, 0) is 19.1 Å². The average Bonchev–Trinajstić information content (AvgIpc) is 3.60. The lowest BCUT2D eigenvalue weighted by Crippen LogP contribution is -2.59. The zero-order valence-electron chi connectivity index (χ0n) is 25.9. The molecule has 2 aromatic rings. The Hall–Kier alpha value is -3.01. The second kappa shape index (κ2) is 13.2. The van der Waals surface area contributed by atoms with Crippen LogP contribution in [0.5, 0.6) is 0 Å². The molecule has 44 heavy (non-hydrogen) atoms. The Labute approximate surface area is 268 Å². The molecule has 2 aromatic carbocycles. The summed E-state index contributed by atoms with van der Waals surface area (Å²) in [5.41, 5.74) is -0.541. The predicted octanol–water partition coefficient (Wildman–Crippen LogP) is 4.94. The lowest BCUT2D eigenvalue weighted by Gasteiger charge is -2.40. The van der Waals surface area contributed by atoms with E-state index in [4.69, 9.17) is 4.74 Å². The standard InChI is InChI=1S/C35H44BrN3O5/c1-6-15-37(16-7-2)32(41)28-29-33(42)39(26(21-40)18-22(4)5)31(35(29)20-27(36)30(28)44-35)34(43)38(17-8-3)25-14-13-23-11-9-10-12-24(23)19-25/h6,8-14,19,22,26-31,40H,1,3,7,15-18,20-21H2,2,4-5H3/t26-,27?,28+,29+,30+,31?,35?/m1/s1. The normalized spacial score (nSPS) is 27.9. The van der Waals surface area contributed by atoms with E-state index < -0.39 is 35.6 Å². The topological polar surface area (TPSA) is 90.4 Å². The predicted molar refractivity (Wildman–Crippen MR) is 176 cm³/mol. The molecule has 3 amide bonds. The smallest absolute Gasteiger partial charge is 0.253 e. The van der Waals surface area contributed by atoms with E-state index in [9.17, 15) is 19.5 Å². The molecule has 0 saturated carbocycles. The minimum absolute atomic E-state index is 0.156. The fourth-order valence-corrected chi connectivity index (χ4v) is 8.66. The number of anilines is 1. The highest BCUT2D eigenvalue weighted by Gasteiger charge is 2.77. The number of rotatable bonds is 13. The Morgan fingerprint density at radius 1 is 1.14 bits per heavy atom. The zero-order valence-corrected chi connectivity index (χ0v) is 27.5. The molecule has 236 valence electrons. The van der Waals surface area contributed by atoms with Gasteiger partial charge in [0.1, 0.15) is 11.6 Å². The molecule has 5 rings (SSSR count). The summed E-state index contributed by atoms with van der Waals surface area (Å²) in [4.78, 5) is 48.6. The van der Waals surface area contributed by atoms with Gasteiger partial charge in [-0.05, 0) is 48.1 Å². The van der Waals surface area contributed by atoms with Crippen molar-refractivity contribution >= 4 is 50.1 Å². The van der Waals surface area contributed by atoms with Crippen molar-refractivity contribution in [3.63, 3.8) is 0 Å². The van der Waals surface area contributed by atoms with E-state index >= 15 is 0 Å². The van der Waals surface area contributed by atoms with Crippen molar-refractivity contribution in [2.75, 3.05) is 31.1 Å². The third-order valence-corrected chi connectivity index (χ3v) is 10.2. The first kappa shape index (κ1) is 32.4. The molecule has 8 nitrogen and oxygen atoms in total. The van der Waals surface area contributed by atoms with Crippen molar-refractivity contribution in [3.05, 3.63) is 67.8 Å². The van der Waals surface area contributed by atoms with E-state index in [1.54, 1.807) is 26.9 Å². The van der Waals surface area contributed by atoms with Gasteiger partial charge in [-0.2, -0.15) is 0 Å². The van der Waals surface area contributed by atoms with Gasteiger partial charge < -0.3 is 24.5 Å². The Kier molecular flexibility index (Phi) is 9.68. The second-order valence-electron chi connectivity index (χ2n) is 12.7. The minimum Gasteiger partial charge on any atom is -0.394 e. The van der Waals surface area contributed by atoms with Gasteiger partial charge in [0.25, 0.3) is 5.91 Å². The van der Waals surface area contributed by atoms with Crippen LogP contribution in [0.25, 0.3) is 10.8 Å². The molecule has 0 radical (unpaired) electrons. The number of ether oxygens (including phenoxy) is 1. The number of carbonyl (C=O) groups excluding carboxylic acids is 3. The average molecular weight is 667 g/mol. The van der Waals surface area contributed by atoms with Crippen LogP contribution in [0.4, 0.5) is 5.69 Å². The zero-order chi connectivity index (χ0) is 31.8. The third-order valence-electron chi connectivity index (χ3n) is 9.37. The fourth-order valence-electron chi connectivity index (χ4n) is 7.71. The van der Waals surface area contributed by atoms with Crippen molar-refractivity contribution < 1.29 is 24.2 Å². The van der Waals surface area contributed by atoms with Gasteiger partial charge >= 0.3 is 0 Å². The highest BCUT2D eigenvalue weighted by Crippen LogP contribution is 2.61. The summed E-state index contributed by atoms with van der Waals surface area (Å²) in [5.74, 6) is -2.19. The lowest BCUT2D eigenvalue weighted by atomic mass is 9.70. The molecular formula is C35H44BrN3O5. The fraction of sp³-hybridized carbons (Fsp3) is 0.514. The van der Waals surface area contributed by atoms with Gasteiger partial charge in [-0.3, -0.25) is 14.4 Å². The molecule has 3 aliphatic heterocycles. The molecule has 0 aromatic heterocycles. The first-order valence-corrected chi connectivity index (χ1v) is 16.6. The number of aliphatic hydroxyl groups excluding tert-OH is 1. The Bertz CT molecular complexity index is 1430. The van der Waals surface area contributed by atoms with Crippen LogP contribution in [-0.4, -0.2) is 87.5 Å². The molecular weight excluding hydrogens is 622 g/mol. The molecule has 7 atom stereocenters. The van der Waals surface area contributed by atoms with E-state index in [1.807, 2.05) is 63.2 Å². The van der Waals surface area contributed by atoms with Gasteiger partial charge in [-0.15, -0.1) is 13.2 Å². The maximum absolute atomic E-state index is 15.0. The second-order valence-corrected chi connectivity index (χ2v) is 13.9. The van der Waals surface area contributed by atoms with Crippen molar-refractivity contribution in [2.24, 2.45) is 17.8 Å². The van der Waals surface area contributed by atoms with E-state index in [0.29, 0.717) is 31.6 Å². The number of alkyl halides is 1. The van der Waals surface area contributed by atoms with Crippen LogP contribution in [0.1, 0.15) is 40.0 Å². The maximum atomic E-state index is 15.0. The van der Waals surface area contributed by atoms with Crippen molar-refractivity contribution in [2.45, 2.75) is 68.6 Å². The molecule has 3 saturated heterocycles. The SMILES string of the molecule is C=CCN(CCC)C(=O)[C@H]1[C@H]2C(=O)N([C@@H](CO)CC(C)C)C(C(=O)N(CC=C)c3ccc4ccccc4c3)C23CC(Br)[C@@H]1O3. The van der Waals surface area contributed by atoms with E-state index in [0.717, 1.165) is 17.2 Å². The molecule has 9 heteroatoms. The first-order chi connectivity index (χ1) is 21.1. The number of amides is 3. The van der Waals surface area contributed by atoms with Gasteiger partial charge in [0.2, 0.25) is 11.8 Å². The highest BCUT2D eigenvalue weighted by molar-refractivity contribution is 9.09. The summed E-state index contributed by atoms with van der Waals surface area (Å²) >= 11 is 3.78. The van der Waals surface area contributed by atoms with Crippen LogP contribution >= 0.6 is 15.9 Å². The lowest BCUT2D eigenvalue weighted by molar-refractivity contribution is -0.147. The summed E-state index contributed by atoms with van der Waals surface area (Å²) in [6.07, 6.45) is 4.48. The van der Waals surface area contributed by atoms with Gasteiger partial charge in [0, 0.05) is 30.1 Å². The number of fused-ring (bicyclic) bond motifs is 2. The first-order valence-electron chi connectivity index (χ1n) is 15.7. The van der Waals surface area contributed by atoms with Crippen LogP contribution in [0, 0.1) is 17.8 Å². The number of carbonyl (C=O) groups is 3. The number of benzene rings is 2. The molecule has 2 bridgehead atoms. The molecule has 3 unspecified atom stereocenters.